The zero-order valence-electron chi connectivity index (χ0n) is 15.1. The third-order valence-electron chi connectivity index (χ3n) is 4.55. The zero-order chi connectivity index (χ0) is 17.7. The average Bonchev–Trinajstić information content (AvgIpc) is 3.01. The summed E-state index contributed by atoms with van der Waals surface area (Å²) in [6.07, 6.45) is 1.52. The van der Waals surface area contributed by atoms with Crippen LogP contribution in [0.1, 0.15) is 42.9 Å². The Morgan fingerprint density at radius 2 is 1.88 bits per heavy atom. The van der Waals surface area contributed by atoms with Gasteiger partial charge in [0.25, 0.3) is 5.91 Å². The van der Waals surface area contributed by atoms with Crippen molar-refractivity contribution in [2.45, 2.75) is 39.2 Å². The van der Waals surface area contributed by atoms with Crippen LogP contribution in [0.2, 0.25) is 0 Å². The molecule has 8 heteroatoms. The normalized spacial score (nSPS) is 10.9. The lowest BCUT2D eigenvalue weighted by Gasteiger charge is -2.31. The third kappa shape index (κ3) is 4.29. The molecule has 0 saturated heterocycles. The molecule has 1 amide bonds. The highest BCUT2D eigenvalue weighted by atomic mass is 35.5. The van der Waals surface area contributed by atoms with Gasteiger partial charge in [0.15, 0.2) is 5.69 Å². The van der Waals surface area contributed by atoms with Gasteiger partial charge in [-0.05, 0) is 44.0 Å². The standard InChI is InChI=1S/C17H25N5O2.ClH/c1-5-17(6-2,11-18)19-16(23)15-12(3)22(21-20-15)13-7-9-14(24-4)10-8-13;/h7-10H,5-6,11,18H2,1-4H3,(H,19,23);1H. The molecule has 0 saturated carbocycles. The van der Waals surface area contributed by atoms with Gasteiger partial charge in [0.05, 0.1) is 24.0 Å². The van der Waals surface area contributed by atoms with Crippen molar-refractivity contribution >= 4 is 18.3 Å². The lowest BCUT2D eigenvalue weighted by atomic mass is 9.92. The van der Waals surface area contributed by atoms with E-state index in [1.807, 2.05) is 45.0 Å². The number of benzene rings is 1. The summed E-state index contributed by atoms with van der Waals surface area (Å²) in [4.78, 5) is 12.6. The third-order valence-corrected chi connectivity index (χ3v) is 4.55. The Morgan fingerprint density at radius 1 is 1.28 bits per heavy atom. The maximum atomic E-state index is 12.6. The van der Waals surface area contributed by atoms with Gasteiger partial charge in [-0.25, -0.2) is 4.68 Å². The van der Waals surface area contributed by atoms with Crippen LogP contribution in [-0.4, -0.2) is 40.1 Å². The molecule has 0 fully saturated rings. The molecule has 0 aliphatic heterocycles. The maximum Gasteiger partial charge on any atom is 0.274 e. The van der Waals surface area contributed by atoms with E-state index in [9.17, 15) is 4.79 Å². The number of nitrogens with two attached hydrogens (primary N) is 1. The van der Waals surface area contributed by atoms with Crippen molar-refractivity contribution < 1.29 is 9.53 Å². The predicted octanol–water partition coefficient (Wildman–Crippen LogP) is 2.25. The van der Waals surface area contributed by atoms with Crippen molar-refractivity contribution in [1.29, 1.82) is 0 Å². The van der Waals surface area contributed by atoms with Gasteiger partial charge in [-0.3, -0.25) is 4.79 Å². The van der Waals surface area contributed by atoms with Crippen LogP contribution in [0.25, 0.3) is 5.69 Å². The number of nitrogens with zero attached hydrogens (tertiary/aromatic N) is 3. The monoisotopic (exact) mass is 367 g/mol. The summed E-state index contributed by atoms with van der Waals surface area (Å²) in [5, 5.41) is 11.2. The molecule has 1 aromatic heterocycles. The van der Waals surface area contributed by atoms with E-state index in [1.165, 1.54) is 0 Å². The van der Waals surface area contributed by atoms with Gasteiger partial charge in [0.1, 0.15) is 5.75 Å². The Labute approximate surface area is 154 Å². The first kappa shape index (κ1) is 20.9. The Hall–Kier alpha value is -2.12. The minimum Gasteiger partial charge on any atom is -0.497 e. The number of rotatable bonds is 7. The van der Waals surface area contributed by atoms with Crippen LogP contribution in [0.15, 0.2) is 24.3 Å². The van der Waals surface area contributed by atoms with Gasteiger partial charge in [0, 0.05) is 6.54 Å². The highest BCUT2D eigenvalue weighted by Gasteiger charge is 2.29. The zero-order valence-corrected chi connectivity index (χ0v) is 15.9. The van der Waals surface area contributed by atoms with Gasteiger partial charge in [-0.15, -0.1) is 17.5 Å². The molecule has 0 aliphatic rings. The number of carbonyl (C=O) groups is 1. The van der Waals surface area contributed by atoms with Crippen LogP contribution in [-0.2, 0) is 0 Å². The quantitative estimate of drug-likeness (QED) is 0.782. The number of ether oxygens (including phenoxy) is 1. The lowest BCUT2D eigenvalue weighted by Crippen LogP contribution is -2.53. The van der Waals surface area contributed by atoms with Gasteiger partial charge in [0.2, 0.25) is 0 Å². The van der Waals surface area contributed by atoms with E-state index in [0.29, 0.717) is 17.9 Å². The minimum absolute atomic E-state index is 0. The number of hydrogen-bond donors (Lipinski definition) is 2. The predicted molar refractivity (Wildman–Crippen MR) is 99.7 cm³/mol. The van der Waals surface area contributed by atoms with Gasteiger partial charge in [-0.1, -0.05) is 19.1 Å². The summed E-state index contributed by atoms with van der Waals surface area (Å²) in [5.74, 6) is 0.509. The number of aromatic nitrogens is 3. The van der Waals surface area contributed by atoms with Crippen LogP contribution in [0.5, 0.6) is 5.75 Å². The summed E-state index contributed by atoms with van der Waals surface area (Å²) in [6, 6.07) is 7.41. The molecule has 0 unspecified atom stereocenters. The van der Waals surface area contributed by atoms with Crippen LogP contribution >= 0.6 is 12.4 Å². The van der Waals surface area contributed by atoms with E-state index in [4.69, 9.17) is 10.5 Å². The topological polar surface area (TPSA) is 95.1 Å². The molecule has 0 spiro atoms. The van der Waals surface area contributed by atoms with Crippen LogP contribution in [0.3, 0.4) is 0 Å². The summed E-state index contributed by atoms with van der Waals surface area (Å²) in [5.41, 5.74) is 7.24. The molecule has 3 N–H and O–H groups in total. The number of nitrogens with one attached hydrogen (secondary N) is 1. The van der Waals surface area contributed by atoms with Gasteiger partial charge in [-0.2, -0.15) is 0 Å². The largest absolute Gasteiger partial charge is 0.497 e. The molecular weight excluding hydrogens is 342 g/mol. The van der Waals surface area contributed by atoms with E-state index >= 15 is 0 Å². The van der Waals surface area contributed by atoms with Crippen LogP contribution in [0, 0.1) is 6.92 Å². The summed E-state index contributed by atoms with van der Waals surface area (Å²) >= 11 is 0. The smallest absolute Gasteiger partial charge is 0.274 e. The molecule has 138 valence electrons. The highest BCUT2D eigenvalue weighted by Crippen LogP contribution is 2.18. The second-order valence-corrected chi connectivity index (χ2v) is 5.78. The summed E-state index contributed by atoms with van der Waals surface area (Å²) in [7, 11) is 1.61. The molecule has 7 nitrogen and oxygen atoms in total. The molecule has 0 atom stereocenters. The average molecular weight is 368 g/mol. The second kappa shape index (κ2) is 8.82. The Bertz CT molecular complexity index is 687. The van der Waals surface area contributed by atoms with Gasteiger partial charge >= 0.3 is 0 Å². The Kier molecular flexibility index (Phi) is 7.38. The fraction of sp³-hybridized carbons (Fsp3) is 0.471. The summed E-state index contributed by atoms with van der Waals surface area (Å²) in [6.45, 7) is 6.23. The van der Waals surface area contributed by atoms with Crippen molar-refractivity contribution in [1.82, 2.24) is 20.3 Å². The van der Waals surface area contributed by atoms with E-state index in [1.54, 1.807) is 11.8 Å². The fourth-order valence-corrected chi connectivity index (χ4v) is 2.57. The van der Waals surface area contributed by atoms with Crippen molar-refractivity contribution in [3.05, 3.63) is 35.7 Å². The van der Waals surface area contributed by atoms with Crippen molar-refractivity contribution in [2.75, 3.05) is 13.7 Å². The number of hydrogen-bond acceptors (Lipinski definition) is 5. The number of methoxy groups -OCH3 is 1. The molecular formula is C17H26ClN5O2. The van der Waals surface area contributed by atoms with Crippen LogP contribution in [0.4, 0.5) is 0 Å². The molecule has 0 bridgehead atoms. The second-order valence-electron chi connectivity index (χ2n) is 5.78. The van der Waals surface area contributed by atoms with Crippen molar-refractivity contribution in [2.24, 2.45) is 5.73 Å². The maximum absolute atomic E-state index is 12.6. The van der Waals surface area contributed by atoms with Crippen molar-refractivity contribution in [3.63, 3.8) is 0 Å². The lowest BCUT2D eigenvalue weighted by molar-refractivity contribution is 0.0889. The molecule has 0 aliphatic carbocycles. The van der Waals surface area contributed by atoms with Crippen molar-refractivity contribution in [3.8, 4) is 11.4 Å². The molecule has 2 aromatic rings. The van der Waals surface area contributed by atoms with E-state index in [0.717, 1.165) is 24.3 Å². The van der Waals surface area contributed by atoms with Crippen LogP contribution < -0.4 is 15.8 Å². The van der Waals surface area contributed by atoms with E-state index in [2.05, 4.69) is 15.6 Å². The minimum atomic E-state index is -0.409. The highest BCUT2D eigenvalue weighted by molar-refractivity contribution is 5.93. The number of halogens is 1. The molecule has 1 aromatic carbocycles. The summed E-state index contributed by atoms with van der Waals surface area (Å²) < 4.78 is 6.78. The molecule has 25 heavy (non-hydrogen) atoms. The fourth-order valence-electron chi connectivity index (χ4n) is 2.57. The van der Waals surface area contributed by atoms with Gasteiger partial charge < -0.3 is 15.8 Å². The number of carbonyl (C=O) groups excluding carboxylic acids is 1. The Balaban J connectivity index is 0.00000312. The Morgan fingerprint density at radius 3 is 2.36 bits per heavy atom. The first-order chi connectivity index (χ1) is 11.5. The number of amides is 1. The van der Waals surface area contributed by atoms with E-state index in [-0.39, 0.29) is 18.3 Å². The first-order valence-corrected chi connectivity index (χ1v) is 8.09. The van der Waals surface area contributed by atoms with E-state index < -0.39 is 5.54 Å². The first-order valence-electron chi connectivity index (χ1n) is 8.09. The molecule has 1 heterocycles. The SMILES string of the molecule is CCC(CC)(CN)NC(=O)c1nnn(-c2ccc(OC)cc2)c1C.Cl. The molecule has 0 radical (unpaired) electrons. The molecule has 2 rings (SSSR count).